The van der Waals surface area contributed by atoms with Crippen LogP contribution < -0.4 is 0 Å². The van der Waals surface area contributed by atoms with Gasteiger partial charge in [-0.05, 0) is 0 Å². The summed E-state index contributed by atoms with van der Waals surface area (Å²) in [6.45, 7) is 3.24. The topological polar surface area (TPSA) is 21.6 Å². The minimum absolute atomic E-state index is 0.212. The number of terminal acetylenes is 1. The second kappa shape index (κ2) is 4.03. The van der Waals surface area contributed by atoms with E-state index in [1.165, 1.54) is 0 Å². The SMILES string of the molecule is C#CCON=C. The summed E-state index contributed by atoms with van der Waals surface area (Å²) in [4.78, 5) is 4.26. The molecule has 0 atom stereocenters. The van der Waals surface area contributed by atoms with Crippen LogP contribution in [0.2, 0.25) is 0 Å². The lowest BCUT2D eigenvalue weighted by Crippen LogP contribution is -1.76. The van der Waals surface area contributed by atoms with Gasteiger partial charge in [0.05, 0.1) is 0 Å². The van der Waals surface area contributed by atoms with Crippen LogP contribution in [-0.4, -0.2) is 13.3 Å². The van der Waals surface area contributed by atoms with Crippen molar-refractivity contribution in [3.63, 3.8) is 0 Å². The first-order valence-corrected chi connectivity index (χ1v) is 1.43. The number of hydrogen-bond acceptors (Lipinski definition) is 2. The molecule has 0 unspecified atom stereocenters. The van der Waals surface area contributed by atoms with Gasteiger partial charge in [-0.15, -0.1) is 11.6 Å². The maximum atomic E-state index is 4.75. The first-order valence-electron chi connectivity index (χ1n) is 1.43. The van der Waals surface area contributed by atoms with Crippen molar-refractivity contribution >= 4 is 6.72 Å². The summed E-state index contributed by atoms with van der Waals surface area (Å²) in [5.41, 5.74) is 0. The maximum absolute atomic E-state index is 4.75. The van der Waals surface area contributed by atoms with E-state index in [4.69, 9.17) is 6.42 Å². The third-order valence-corrected chi connectivity index (χ3v) is 0.239. The van der Waals surface area contributed by atoms with Crippen molar-refractivity contribution in [1.82, 2.24) is 0 Å². The molecular formula is C4H5NO. The van der Waals surface area contributed by atoms with Crippen molar-refractivity contribution in [3.8, 4) is 12.3 Å². The number of rotatable bonds is 2. The van der Waals surface area contributed by atoms with Gasteiger partial charge in [-0.25, -0.2) is 0 Å². The molecule has 0 spiro atoms. The van der Waals surface area contributed by atoms with Gasteiger partial charge < -0.3 is 4.84 Å². The maximum Gasteiger partial charge on any atom is 0.177 e. The first-order chi connectivity index (χ1) is 2.91. The molecule has 0 fully saturated rings. The molecule has 0 rings (SSSR count). The Hall–Kier alpha value is -0.970. The van der Waals surface area contributed by atoms with Crippen LogP contribution in [0, 0.1) is 12.3 Å². The van der Waals surface area contributed by atoms with Crippen LogP contribution in [0.1, 0.15) is 0 Å². The molecule has 0 aliphatic rings. The van der Waals surface area contributed by atoms with Crippen LogP contribution in [0.15, 0.2) is 5.16 Å². The van der Waals surface area contributed by atoms with E-state index >= 15 is 0 Å². The zero-order valence-corrected chi connectivity index (χ0v) is 3.35. The van der Waals surface area contributed by atoms with Gasteiger partial charge in [0.2, 0.25) is 0 Å². The summed E-state index contributed by atoms with van der Waals surface area (Å²) in [6.07, 6.45) is 4.75. The highest BCUT2D eigenvalue weighted by atomic mass is 16.6. The molecule has 6 heavy (non-hydrogen) atoms. The van der Waals surface area contributed by atoms with E-state index in [0.29, 0.717) is 0 Å². The zero-order chi connectivity index (χ0) is 4.83. The summed E-state index contributed by atoms with van der Waals surface area (Å²) in [6, 6.07) is 0. The monoisotopic (exact) mass is 83.0 g/mol. The quantitative estimate of drug-likeness (QED) is 0.203. The molecule has 0 saturated heterocycles. The van der Waals surface area contributed by atoms with Crippen LogP contribution in [0.25, 0.3) is 0 Å². The molecule has 2 nitrogen and oxygen atoms in total. The molecule has 0 bridgehead atoms. The van der Waals surface area contributed by atoms with Crippen molar-refractivity contribution < 1.29 is 4.84 Å². The Labute approximate surface area is 36.8 Å². The lowest BCUT2D eigenvalue weighted by atomic mass is 10.8. The average molecular weight is 83.1 g/mol. The standard InChI is InChI=1S/C4H5NO/c1-3-4-6-5-2/h1H,2,4H2. The summed E-state index contributed by atoms with van der Waals surface area (Å²) in [7, 11) is 0. The second-order valence-corrected chi connectivity index (χ2v) is 0.607. The molecule has 0 aliphatic heterocycles. The molecule has 0 aromatic carbocycles. The summed E-state index contributed by atoms with van der Waals surface area (Å²) >= 11 is 0. The Balaban J connectivity index is 2.72. The van der Waals surface area contributed by atoms with Crippen molar-refractivity contribution in [2.45, 2.75) is 0 Å². The molecule has 2 heteroatoms. The van der Waals surface area contributed by atoms with Crippen LogP contribution in [0.4, 0.5) is 0 Å². The van der Waals surface area contributed by atoms with Gasteiger partial charge in [-0.3, -0.25) is 0 Å². The van der Waals surface area contributed by atoms with E-state index in [1.54, 1.807) is 0 Å². The smallest absolute Gasteiger partial charge is 0.177 e. The second-order valence-electron chi connectivity index (χ2n) is 0.607. The molecule has 0 aromatic heterocycles. The number of nitrogens with zero attached hydrogens (tertiary/aromatic N) is 1. The van der Waals surface area contributed by atoms with E-state index in [-0.39, 0.29) is 6.61 Å². The van der Waals surface area contributed by atoms with Gasteiger partial charge in [0, 0.05) is 6.72 Å². The van der Waals surface area contributed by atoms with Crippen LogP contribution in [0.3, 0.4) is 0 Å². The minimum Gasteiger partial charge on any atom is -0.383 e. The highest BCUT2D eigenvalue weighted by molar-refractivity contribution is 5.21. The highest BCUT2D eigenvalue weighted by Gasteiger charge is 1.62. The van der Waals surface area contributed by atoms with Crippen LogP contribution >= 0.6 is 0 Å². The largest absolute Gasteiger partial charge is 0.383 e. The Kier molecular flexibility index (Phi) is 3.38. The third-order valence-electron chi connectivity index (χ3n) is 0.239. The molecule has 32 valence electrons. The fourth-order valence-electron chi connectivity index (χ4n) is 0.0829. The molecule has 0 aromatic rings. The van der Waals surface area contributed by atoms with Gasteiger partial charge in [-0.2, -0.15) is 0 Å². The average Bonchev–Trinajstić information content (AvgIpc) is 1.61. The number of oxime groups is 1. The molecule has 0 aliphatic carbocycles. The van der Waals surface area contributed by atoms with E-state index in [1.807, 2.05) is 0 Å². The molecule has 0 heterocycles. The van der Waals surface area contributed by atoms with E-state index in [9.17, 15) is 0 Å². The molecule has 0 N–H and O–H groups in total. The minimum atomic E-state index is 0.212. The summed E-state index contributed by atoms with van der Waals surface area (Å²) in [5, 5.41) is 3.03. The van der Waals surface area contributed by atoms with Crippen molar-refractivity contribution in [1.29, 1.82) is 0 Å². The van der Waals surface area contributed by atoms with Gasteiger partial charge in [-0.1, -0.05) is 5.92 Å². The van der Waals surface area contributed by atoms with Gasteiger partial charge in [0.15, 0.2) is 6.61 Å². The molecule has 0 radical (unpaired) electrons. The Morgan fingerprint density at radius 2 is 2.67 bits per heavy atom. The number of hydrogen-bond donors (Lipinski definition) is 0. The fraction of sp³-hybridized carbons (Fsp3) is 0.250. The van der Waals surface area contributed by atoms with Crippen LogP contribution in [0.5, 0.6) is 0 Å². The summed E-state index contributed by atoms with van der Waals surface area (Å²) < 4.78 is 0. The van der Waals surface area contributed by atoms with Gasteiger partial charge in [0.25, 0.3) is 0 Å². The zero-order valence-electron chi connectivity index (χ0n) is 3.35. The third kappa shape index (κ3) is 3.03. The summed E-state index contributed by atoms with van der Waals surface area (Å²) in [5.74, 6) is 2.21. The van der Waals surface area contributed by atoms with Crippen molar-refractivity contribution in [3.05, 3.63) is 0 Å². The fourth-order valence-corrected chi connectivity index (χ4v) is 0.0829. The van der Waals surface area contributed by atoms with Gasteiger partial charge >= 0.3 is 0 Å². The Morgan fingerprint density at radius 1 is 2.00 bits per heavy atom. The van der Waals surface area contributed by atoms with Crippen molar-refractivity contribution in [2.24, 2.45) is 5.16 Å². The van der Waals surface area contributed by atoms with E-state index in [2.05, 4.69) is 22.6 Å². The van der Waals surface area contributed by atoms with E-state index in [0.717, 1.165) is 0 Å². The Bertz CT molecular complexity index is 72.1. The normalized spacial score (nSPS) is 5.83. The van der Waals surface area contributed by atoms with E-state index < -0.39 is 0 Å². The highest BCUT2D eigenvalue weighted by Crippen LogP contribution is 1.64. The molecule has 0 saturated carbocycles. The molecular weight excluding hydrogens is 78.0 g/mol. The lowest BCUT2D eigenvalue weighted by Gasteiger charge is -1.82. The van der Waals surface area contributed by atoms with Gasteiger partial charge in [0.1, 0.15) is 0 Å². The predicted molar refractivity (Wildman–Crippen MR) is 24.3 cm³/mol. The predicted octanol–water partition coefficient (Wildman–Crippen LogP) is 0.252. The first kappa shape index (κ1) is 5.03. The van der Waals surface area contributed by atoms with Crippen LogP contribution in [-0.2, 0) is 4.84 Å². The lowest BCUT2D eigenvalue weighted by molar-refractivity contribution is 0.183. The Morgan fingerprint density at radius 3 is 2.83 bits per heavy atom. The van der Waals surface area contributed by atoms with Crippen molar-refractivity contribution in [2.75, 3.05) is 6.61 Å². The molecule has 0 amide bonds.